The zero-order chi connectivity index (χ0) is 24.8. The van der Waals surface area contributed by atoms with Gasteiger partial charge in [0, 0.05) is 38.2 Å². The molecular weight excluding hydrogens is 440 g/mol. The summed E-state index contributed by atoms with van der Waals surface area (Å²) >= 11 is 0. The third kappa shape index (κ3) is 5.51. The van der Waals surface area contributed by atoms with Crippen LogP contribution in [0.15, 0.2) is 72.8 Å². The van der Waals surface area contributed by atoms with Gasteiger partial charge in [-0.2, -0.15) is 9.59 Å². The van der Waals surface area contributed by atoms with Gasteiger partial charge in [0.2, 0.25) is 0 Å². The van der Waals surface area contributed by atoms with Gasteiger partial charge >= 0.3 is 12.2 Å². The lowest BCUT2D eigenvalue weighted by molar-refractivity contribution is -0.191. The SMILES string of the molecule is Cc1cc(CN2CCC3(CC2)CN(c2ccccc2)C(=O)O3)cc(C)c1-c1ccccc1.O=C=O. The number of carbonyl (C=O) groups is 1. The molecule has 1 amide bonds. The first-order valence-corrected chi connectivity index (χ1v) is 11.9. The summed E-state index contributed by atoms with van der Waals surface area (Å²) in [6.07, 6.45) is 1.79. The molecule has 180 valence electrons. The summed E-state index contributed by atoms with van der Waals surface area (Å²) in [6, 6.07) is 25.1. The number of hydrogen-bond acceptors (Lipinski definition) is 5. The van der Waals surface area contributed by atoms with Gasteiger partial charge in [0.15, 0.2) is 0 Å². The van der Waals surface area contributed by atoms with E-state index in [9.17, 15) is 4.79 Å². The molecule has 2 aliphatic rings. The molecule has 5 rings (SSSR count). The van der Waals surface area contributed by atoms with Crippen molar-refractivity contribution in [3.8, 4) is 11.1 Å². The Kier molecular flexibility index (Phi) is 7.45. The smallest absolute Gasteiger partial charge is 0.415 e. The van der Waals surface area contributed by atoms with Gasteiger partial charge in [0.05, 0.1) is 6.54 Å². The first-order chi connectivity index (χ1) is 16.9. The van der Waals surface area contributed by atoms with Crippen molar-refractivity contribution in [3.05, 3.63) is 89.5 Å². The zero-order valence-corrected chi connectivity index (χ0v) is 20.2. The first kappa shape index (κ1) is 24.4. The molecule has 0 aliphatic carbocycles. The molecule has 0 unspecified atom stereocenters. The lowest BCUT2D eigenvalue weighted by Crippen LogP contribution is -2.46. The van der Waals surface area contributed by atoms with E-state index in [1.165, 1.54) is 27.8 Å². The number of amides is 1. The van der Waals surface area contributed by atoms with Crippen molar-refractivity contribution < 1.29 is 19.1 Å². The average molecular weight is 471 g/mol. The third-order valence-electron chi connectivity index (χ3n) is 6.87. The van der Waals surface area contributed by atoms with E-state index in [4.69, 9.17) is 14.3 Å². The lowest BCUT2D eigenvalue weighted by atomic mass is 9.90. The minimum Gasteiger partial charge on any atom is -0.441 e. The van der Waals surface area contributed by atoms with Gasteiger partial charge in [-0.25, -0.2) is 4.79 Å². The number of hydrogen-bond donors (Lipinski definition) is 0. The lowest BCUT2D eigenvalue weighted by Gasteiger charge is -2.37. The minimum atomic E-state index is -0.355. The molecule has 3 aromatic carbocycles. The maximum absolute atomic E-state index is 12.5. The molecule has 0 radical (unpaired) electrons. The van der Waals surface area contributed by atoms with Gasteiger partial charge in [-0.3, -0.25) is 9.80 Å². The summed E-state index contributed by atoms with van der Waals surface area (Å²) in [4.78, 5) is 33.1. The van der Waals surface area contributed by atoms with E-state index in [0.717, 1.165) is 38.2 Å². The molecule has 0 saturated carbocycles. The molecule has 0 bridgehead atoms. The molecule has 2 heterocycles. The Labute approximate surface area is 206 Å². The van der Waals surface area contributed by atoms with Crippen molar-refractivity contribution in [2.24, 2.45) is 0 Å². The second-order valence-corrected chi connectivity index (χ2v) is 9.30. The fourth-order valence-corrected chi connectivity index (χ4v) is 5.27. The predicted molar refractivity (Wildman–Crippen MR) is 134 cm³/mol. The van der Waals surface area contributed by atoms with Gasteiger partial charge < -0.3 is 4.74 Å². The van der Waals surface area contributed by atoms with Crippen molar-refractivity contribution in [2.75, 3.05) is 24.5 Å². The topological polar surface area (TPSA) is 66.9 Å². The molecule has 0 atom stereocenters. The third-order valence-corrected chi connectivity index (χ3v) is 6.87. The summed E-state index contributed by atoms with van der Waals surface area (Å²) < 4.78 is 5.92. The van der Waals surface area contributed by atoms with E-state index in [1.807, 2.05) is 30.3 Å². The first-order valence-electron chi connectivity index (χ1n) is 11.9. The van der Waals surface area contributed by atoms with Gasteiger partial charge in [0.25, 0.3) is 0 Å². The normalized spacial score (nSPS) is 16.9. The van der Waals surface area contributed by atoms with Crippen molar-refractivity contribution in [2.45, 2.75) is 38.8 Å². The molecule has 2 aliphatic heterocycles. The second-order valence-electron chi connectivity index (χ2n) is 9.30. The predicted octanol–water partition coefficient (Wildman–Crippen LogP) is 5.38. The Morgan fingerprint density at radius 2 is 1.43 bits per heavy atom. The standard InChI is InChI=1S/C28H30N2O2.CO2/c1-21-17-23(18-22(2)26(21)24-9-5-3-6-10-24)19-29-15-13-28(14-16-29)20-30(27(31)32-28)25-11-7-4-8-12-25;2-1-3/h3-12,17-18H,13-16,19-20H2,1-2H3;. The fourth-order valence-electron chi connectivity index (χ4n) is 5.27. The van der Waals surface area contributed by atoms with Crippen LogP contribution in [-0.4, -0.2) is 42.4 Å². The molecule has 2 saturated heterocycles. The highest BCUT2D eigenvalue weighted by Crippen LogP contribution is 2.36. The van der Waals surface area contributed by atoms with Crippen molar-refractivity contribution in [3.63, 3.8) is 0 Å². The summed E-state index contributed by atoms with van der Waals surface area (Å²) in [6.45, 7) is 7.88. The number of anilines is 1. The maximum Gasteiger partial charge on any atom is 0.415 e. The van der Waals surface area contributed by atoms with E-state index in [2.05, 4.69) is 61.2 Å². The van der Waals surface area contributed by atoms with E-state index in [-0.39, 0.29) is 17.8 Å². The summed E-state index contributed by atoms with van der Waals surface area (Å²) in [5, 5.41) is 0. The summed E-state index contributed by atoms with van der Waals surface area (Å²) in [5.74, 6) is 0. The summed E-state index contributed by atoms with van der Waals surface area (Å²) in [7, 11) is 0. The highest BCUT2D eigenvalue weighted by Gasteiger charge is 2.47. The fraction of sp³-hybridized carbons (Fsp3) is 0.310. The van der Waals surface area contributed by atoms with Crippen LogP contribution < -0.4 is 4.90 Å². The van der Waals surface area contributed by atoms with Crippen LogP contribution in [0.5, 0.6) is 0 Å². The molecular formula is C29H30N2O4. The molecule has 1 spiro atoms. The van der Waals surface area contributed by atoms with E-state index >= 15 is 0 Å². The molecule has 0 aromatic heterocycles. The molecule has 6 nitrogen and oxygen atoms in total. The number of benzene rings is 3. The van der Waals surface area contributed by atoms with Crippen LogP contribution in [0.3, 0.4) is 0 Å². The van der Waals surface area contributed by atoms with Crippen LogP contribution in [-0.2, 0) is 20.9 Å². The Morgan fingerprint density at radius 1 is 0.886 bits per heavy atom. The number of carbonyl (C=O) groups excluding carboxylic acids is 3. The number of piperidine rings is 1. The Balaban J connectivity index is 0.000000917. The molecule has 6 heteroatoms. The van der Waals surface area contributed by atoms with Crippen molar-refractivity contribution in [1.82, 2.24) is 4.90 Å². The zero-order valence-electron chi connectivity index (χ0n) is 20.2. The highest BCUT2D eigenvalue weighted by molar-refractivity contribution is 5.90. The average Bonchev–Trinajstić information content (AvgIpc) is 3.18. The molecule has 2 fully saturated rings. The highest BCUT2D eigenvalue weighted by atomic mass is 16.6. The van der Waals surface area contributed by atoms with E-state index < -0.39 is 0 Å². The van der Waals surface area contributed by atoms with Crippen molar-refractivity contribution >= 4 is 17.9 Å². The van der Waals surface area contributed by atoms with Crippen molar-refractivity contribution in [1.29, 1.82) is 0 Å². The Bertz CT molecular complexity index is 1170. The van der Waals surface area contributed by atoms with Crippen LogP contribution >= 0.6 is 0 Å². The van der Waals surface area contributed by atoms with E-state index in [1.54, 1.807) is 4.90 Å². The number of ether oxygens (including phenoxy) is 1. The number of rotatable bonds is 4. The van der Waals surface area contributed by atoms with Gasteiger partial charge in [-0.05, 0) is 53.8 Å². The largest absolute Gasteiger partial charge is 0.441 e. The second kappa shape index (κ2) is 10.7. The van der Waals surface area contributed by atoms with Crippen LogP contribution in [0.25, 0.3) is 11.1 Å². The molecule has 35 heavy (non-hydrogen) atoms. The van der Waals surface area contributed by atoms with Crippen LogP contribution in [0.2, 0.25) is 0 Å². The molecule has 3 aromatic rings. The van der Waals surface area contributed by atoms with Crippen LogP contribution in [0, 0.1) is 13.8 Å². The summed E-state index contributed by atoms with van der Waals surface area (Å²) in [5.41, 5.74) is 7.18. The number of para-hydroxylation sites is 1. The van der Waals surface area contributed by atoms with Gasteiger partial charge in [-0.1, -0.05) is 60.7 Å². The van der Waals surface area contributed by atoms with Crippen LogP contribution in [0.4, 0.5) is 10.5 Å². The van der Waals surface area contributed by atoms with E-state index in [0.29, 0.717) is 6.54 Å². The van der Waals surface area contributed by atoms with Gasteiger partial charge in [0.1, 0.15) is 5.60 Å². The number of nitrogens with zero attached hydrogens (tertiary/aromatic N) is 2. The maximum atomic E-state index is 12.5. The van der Waals surface area contributed by atoms with Crippen LogP contribution in [0.1, 0.15) is 29.5 Å². The monoisotopic (exact) mass is 470 g/mol. The Hall–Kier alpha value is -3.73. The quantitative estimate of drug-likeness (QED) is 0.512. The minimum absolute atomic E-state index is 0.215. The Morgan fingerprint density at radius 3 is 2.00 bits per heavy atom. The number of aryl methyl sites for hydroxylation is 2. The number of likely N-dealkylation sites (tertiary alicyclic amines) is 1. The van der Waals surface area contributed by atoms with Gasteiger partial charge in [-0.15, -0.1) is 0 Å². The molecule has 0 N–H and O–H groups in total.